The summed E-state index contributed by atoms with van der Waals surface area (Å²) >= 11 is 0. The van der Waals surface area contributed by atoms with Crippen LogP contribution in [0.4, 0.5) is 0 Å². The molecule has 1 N–H and O–H groups in total. The number of benzene rings is 1. The smallest absolute Gasteiger partial charge is 0.109 e. The molecule has 2 heterocycles. The molecule has 0 aliphatic heterocycles. The minimum atomic E-state index is -0.103. The molecule has 0 saturated heterocycles. The van der Waals surface area contributed by atoms with Crippen LogP contribution >= 0.6 is 0 Å². The molecule has 0 saturated carbocycles. The quantitative estimate of drug-likeness (QED) is 0.700. The zero-order valence-corrected chi connectivity index (χ0v) is 9.28. The van der Waals surface area contributed by atoms with Crippen molar-refractivity contribution in [2.45, 2.75) is 6.61 Å². The van der Waals surface area contributed by atoms with Crippen molar-refractivity contribution in [1.29, 1.82) is 0 Å². The lowest BCUT2D eigenvalue weighted by Gasteiger charge is -2.00. The lowest BCUT2D eigenvalue weighted by atomic mass is 10.2. The lowest BCUT2D eigenvalue weighted by molar-refractivity contribution is 0.276. The van der Waals surface area contributed by atoms with E-state index in [0.717, 1.165) is 16.6 Å². The van der Waals surface area contributed by atoms with Gasteiger partial charge in [0.2, 0.25) is 0 Å². The van der Waals surface area contributed by atoms with E-state index in [4.69, 9.17) is 5.11 Å². The summed E-state index contributed by atoms with van der Waals surface area (Å²) in [6.45, 7) is -0.103. The highest BCUT2D eigenvalue weighted by Gasteiger charge is 2.05. The topological polar surface area (TPSA) is 68.8 Å². The molecule has 2 aromatic heterocycles. The molecule has 0 atom stereocenters. The highest BCUT2D eigenvalue weighted by Crippen LogP contribution is 2.17. The number of hydrogen-bond acceptors (Lipinski definition) is 4. The highest BCUT2D eigenvalue weighted by molar-refractivity contribution is 5.80. The normalized spacial score (nSPS) is 11.2. The van der Waals surface area contributed by atoms with Gasteiger partial charge >= 0.3 is 0 Å². The number of aromatic nitrogens is 5. The Labute approximate surface area is 97.1 Å². The average Bonchev–Trinajstić information content (AvgIpc) is 2.96. The van der Waals surface area contributed by atoms with Crippen molar-refractivity contribution in [3.05, 3.63) is 36.3 Å². The first kappa shape index (κ1) is 9.98. The summed E-state index contributed by atoms with van der Waals surface area (Å²) in [6.07, 6.45) is 3.52. The maximum Gasteiger partial charge on any atom is 0.109 e. The van der Waals surface area contributed by atoms with Crippen LogP contribution < -0.4 is 0 Å². The minimum absolute atomic E-state index is 0.103. The highest BCUT2D eigenvalue weighted by atomic mass is 16.3. The monoisotopic (exact) mass is 229 g/mol. The Kier molecular flexibility index (Phi) is 2.15. The SMILES string of the molecule is Cn1ncc2ccc(-n3cc(CO)nn3)cc21. The molecule has 6 nitrogen and oxygen atoms in total. The summed E-state index contributed by atoms with van der Waals surface area (Å²) in [6, 6.07) is 5.91. The maximum absolute atomic E-state index is 8.95. The van der Waals surface area contributed by atoms with E-state index in [2.05, 4.69) is 15.4 Å². The summed E-state index contributed by atoms with van der Waals surface area (Å²) in [5.41, 5.74) is 2.48. The van der Waals surface area contributed by atoms with Crippen LogP contribution in [0.5, 0.6) is 0 Å². The minimum Gasteiger partial charge on any atom is -0.390 e. The van der Waals surface area contributed by atoms with Crippen LogP contribution in [0.15, 0.2) is 30.6 Å². The largest absolute Gasteiger partial charge is 0.390 e. The molecular weight excluding hydrogens is 218 g/mol. The van der Waals surface area contributed by atoms with Crippen LogP contribution in [0.3, 0.4) is 0 Å². The molecular formula is C11H11N5O. The van der Waals surface area contributed by atoms with Gasteiger partial charge in [-0.2, -0.15) is 5.10 Å². The Balaban J connectivity index is 2.13. The Morgan fingerprint density at radius 1 is 1.35 bits per heavy atom. The van der Waals surface area contributed by atoms with E-state index in [9.17, 15) is 0 Å². The average molecular weight is 229 g/mol. The van der Waals surface area contributed by atoms with Gasteiger partial charge in [0.15, 0.2) is 0 Å². The first-order valence-electron chi connectivity index (χ1n) is 5.22. The summed E-state index contributed by atoms with van der Waals surface area (Å²) in [5.74, 6) is 0. The van der Waals surface area contributed by atoms with Crippen molar-refractivity contribution in [2.24, 2.45) is 7.05 Å². The number of nitrogens with zero attached hydrogens (tertiary/aromatic N) is 5. The van der Waals surface area contributed by atoms with Gasteiger partial charge in [0, 0.05) is 12.4 Å². The molecule has 3 rings (SSSR count). The standard InChI is InChI=1S/C11H11N5O/c1-15-11-4-10(3-2-8(11)5-12-15)16-6-9(7-17)13-14-16/h2-6,17H,7H2,1H3. The third kappa shape index (κ3) is 1.58. The molecule has 86 valence electrons. The number of aryl methyl sites for hydroxylation is 1. The van der Waals surface area contributed by atoms with Crippen LogP contribution in [0, 0.1) is 0 Å². The van der Waals surface area contributed by atoms with Gasteiger partial charge in [-0.1, -0.05) is 5.21 Å². The van der Waals surface area contributed by atoms with Crippen molar-refractivity contribution in [3.8, 4) is 5.69 Å². The number of fused-ring (bicyclic) bond motifs is 1. The second kappa shape index (κ2) is 3.67. The second-order valence-corrected chi connectivity index (χ2v) is 3.82. The van der Waals surface area contributed by atoms with Crippen LogP contribution in [-0.2, 0) is 13.7 Å². The Hall–Kier alpha value is -2.21. The number of aliphatic hydroxyl groups is 1. The Morgan fingerprint density at radius 2 is 2.24 bits per heavy atom. The predicted molar refractivity (Wildman–Crippen MR) is 61.6 cm³/mol. The van der Waals surface area contributed by atoms with Gasteiger partial charge < -0.3 is 5.11 Å². The summed E-state index contributed by atoms with van der Waals surface area (Å²) in [7, 11) is 1.90. The van der Waals surface area contributed by atoms with Crippen LogP contribution in [0.2, 0.25) is 0 Å². The number of hydrogen-bond donors (Lipinski definition) is 1. The Morgan fingerprint density at radius 3 is 3.00 bits per heavy atom. The first-order chi connectivity index (χ1) is 8.28. The van der Waals surface area contributed by atoms with E-state index >= 15 is 0 Å². The van der Waals surface area contributed by atoms with Crippen molar-refractivity contribution < 1.29 is 5.11 Å². The van der Waals surface area contributed by atoms with Crippen LogP contribution in [-0.4, -0.2) is 29.9 Å². The molecule has 17 heavy (non-hydrogen) atoms. The number of rotatable bonds is 2. The van der Waals surface area contributed by atoms with Gasteiger partial charge in [0.25, 0.3) is 0 Å². The van der Waals surface area contributed by atoms with Crippen molar-refractivity contribution in [3.63, 3.8) is 0 Å². The second-order valence-electron chi connectivity index (χ2n) is 3.82. The van der Waals surface area contributed by atoms with Crippen molar-refractivity contribution >= 4 is 10.9 Å². The third-order valence-electron chi connectivity index (χ3n) is 2.70. The summed E-state index contributed by atoms with van der Waals surface area (Å²) < 4.78 is 3.45. The molecule has 0 fully saturated rings. The van der Waals surface area contributed by atoms with E-state index in [1.54, 1.807) is 10.9 Å². The zero-order valence-electron chi connectivity index (χ0n) is 9.28. The molecule has 0 bridgehead atoms. The van der Waals surface area contributed by atoms with Gasteiger partial charge in [-0.25, -0.2) is 4.68 Å². The van der Waals surface area contributed by atoms with E-state index in [0.29, 0.717) is 5.69 Å². The van der Waals surface area contributed by atoms with E-state index in [1.165, 1.54) is 0 Å². The van der Waals surface area contributed by atoms with E-state index in [1.807, 2.05) is 36.1 Å². The fraction of sp³-hybridized carbons (Fsp3) is 0.182. The van der Waals surface area contributed by atoms with Crippen molar-refractivity contribution in [1.82, 2.24) is 24.8 Å². The molecule has 0 unspecified atom stereocenters. The zero-order chi connectivity index (χ0) is 11.8. The number of aliphatic hydroxyl groups excluding tert-OH is 1. The fourth-order valence-electron chi connectivity index (χ4n) is 1.77. The lowest BCUT2D eigenvalue weighted by Crippen LogP contribution is -1.96. The molecule has 0 aliphatic rings. The molecule has 1 aromatic carbocycles. The van der Waals surface area contributed by atoms with Gasteiger partial charge in [-0.15, -0.1) is 5.10 Å². The summed E-state index contributed by atoms with van der Waals surface area (Å²) in [5, 5.41) is 22.0. The van der Waals surface area contributed by atoms with Gasteiger partial charge in [-0.3, -0.25) is 4.68 Å². The molecule has 0 radical (unpaired) electrons. The molecule has 0 amide bonds. The van der Waals surface area contributed by atoms with E-state index < -0.39 is 0 Å². The molecule has 6 heteroatoms. The molecule has 3 aromatic rings. The third-order valence-corrected chi connectivity index (χ3v) is 2.70. The van der Waals surface area contributed by atoms with E-state index in [-0.39, 0.29) is 6.61 Å². The predicted octanol–water partition coefficient (Wildman–Crippen LogP) is 0.646. The van der Waals surface area contributed by atoms with Crippen LogP contribution in [0.25, 0.3) is 16.6 Å². The Bertz CT molecular complexity index is 669. The molecule has 0 spiro atoms. The van der Waals surface area contributed by atoms with Gasteiger partial charge in [0.05, 0.1) is 30.2 Å². The first-order valence-corrected chi connectivity index (χ1v) is 5.22. The van der Waals surface area contributed by atoms with Gasteiger partial charge in [-0.05, 0) is 18.2 Å². The maximum atomic E-state index is 8.95. The van der Waals surface area contributed by atoms with Gasteiger partial charge in [0.1, 0.15) is 5.69 Å². The fourth-order valence-corrected chi connectivity index (χ4v) is 1.77. The molecule has 0 aliphatic carbocycles. The van der Waals surface area contributed by atoms with Crippen molar-refractivity contribution in [2.75, 3.05) is 0 Å². The van der Waals surface area contributed by atoms with Crippen LogP contribution in [0.1, 0.15) is 5.69 Å². The summed E-state index contributed by atoms with van der Waals surface area (Å²) in [4.78, 5) is 0.